The second-order valence-corrected chi connectivity index (χ2v) is 10.7. The number of aromatic nitrogens is 1. The first-order chi connectivity index (χ1) is 18.5. The Kier molecular flexibility index (Phi) is 6.66. The molecule has 2 aliphatic rings. The van der Waals surface area contributed by atoms with Gasteiger partial charge in [0.2, 0.25) is 5.91 Å². The summed E-state index contributed by atoms with van der Waals surface area (Å²) >= 11 is 6.24. The zero-order chi connectivity index (χ0) is 26.2. The zero-order valence-electron chi connectivity index (χ0n) is 20.8. The van der Waals surface area contributed by atoms with Crippen molar-refractivity contribution in [2.24, 2.45) is 5.92 Å². The van der Waals surface area contributed by atoms with Gasteiger partial charge < -0.3 is 10.3 Å². The van der Waals surface area contributed by atoms with Crippen LogP contribution in [0.4, 0.5) is 0 Å². The number of halogens is 1. The number of H-pyrrole nitrogens is 1. The monoisotopic (exact) mass is 528 g/mol. The van der Waals surface area contributed by atoms with E-state index in [1.54, 1.807) is 29.7 Å². The van der Waals surface area contributed by atoms with E-state index in [1.165, 1.54) is 18.4 Å². The third-order valence-electron chi connectivity index (χ3n) is 7.69. The van der Waals surface area contributed by atoms with Crippen molar-refractivity contribution < 1.29 is 14.8 Å². The second kappa shape index (κ2) is 10.3. The van der Waals surface area contributed by atoms with E-state index in [9.17, 15) is 9.59 Å². The highest BCUT2D eigenvalue weighted by Gasteiger charge is 2.42. The van der Waals surface area contributed by atoms with Crippen LogP contribution >= 0.6 is 11.6 Å². The Morgan fingerprint density at radius 3 is 2.45 bits per heavy atom. The molecule has 3 aromatic carbocycles. The minimum absolute atomic E-state index is 0.0160. The van der Waals surface area contributed by atoms with Gasteiger partial charge in [-0.25, -0.2) is 5.48 Å². The van der Waals surface area contributed by atoms with Gasteiger partial charge in [-0.3, -0.25) is 19.7 Å². The van der Waals surface area contributed by atoms with Crippen molar-refractivity contribution in [1.82, 2.24) is 20.7 Å². The Labute approximate surface area is 225 Å². The van der Waals surface area contributed by atoms with Crippen molar-refractivity contribution in [3.8, 4) is 0 Å². The van der Waals surface area contributed by atoms with E-state index in [0.29, 0.717) is 29.5 Å². The van der Waals surface area contributed by atoms with Crippen LogP contribution in [0.2, 0.25) is 5.02 Å². The SMILES string of the molecule is O=C(NO)c1ccc(CNC(=O)[C@@H]2Cc3c([nH]c4ccccc34)[C@@H](c3ccc(Cl)cc3)N2CC2CC2)cc1. The molecule has 0 bridgehead atoms. The second-order valence-electron chi connectivity index (χ2n) is 10.2. The maximum absolute atomic E-state index is 13.8. The maximum Gasteiger partial charge on any atom is 0.274 e. The fourth-order valence-corrected chi connectivity index (χ4v) is 5.68. The number of aromatic amines is 1. The highest BCUT2D eigenvalue weighted by molar-refractivity contribution is 6.30. The number of hydrogen-bond donors (Lipinski definition) is 4. The predicted molar refractivity (Wildman–Crippen MR) is 146 cm³/mol. The van der Waals surface area contributed by atoms with Gasteiger partial charge in [0.1, 0.15) is 0 Å². The van der Waals surface area contributed by atoms with E-state index >= 15 is 0 Å². The van der Waals surface area contributed by atoms with Crippen LogP contribution in [0.5, 0.6) is 0 Å². The Morgan fingerprint density at radius 2 is 1.74 bits per heavy atom. The third-order valence-corrected chi connectivity index (χ3v) is 7.94. The molecule has 2 amide bonds. The lowest BCUT2D eigenvalue weighted by Gasteiger charge is -2.41. The van der Waals surface area contributed by atoms with E-state index in [-0.39, 0.29) is 18.0 Å². The molecule has 2 heterocycles. The molecule has 1 aliphatic carbocycles. The van der Waals surface area contributed by atoms with Crippen molar-refractivity contribution in [2.45, 2.75) is 37.9 Å². The molecular formula is C30H29ClN4O3. The first-order valence-electron chi connectivity index (χ1n) is 12.9. The molecule has 1 aliphatic heterocycles. The number of nitrogens with zero attached hydrogens (tertiary/aromatic N) is 1. The van der Waals surface area contributed by atoms with Crippen molar-refractivity contribution in [3.63, 3.8) is 0 Å². The standard InChI is InChI=1S/C30H29ClN4O3/c31-22-13-11-20(12-14-22)28-27-24(23-3-1-2-4-25(23)33-27)15-26(35(28)17-19-5-6-19)30(37)32-16-18-7-9-21(10-8-18)29(36)34-38/h1-4,7-14,19,26,28,33,38H,5-6,15-17H2,(H,32,37)(H,34,36)/t26-,28+/m0/s1. The van der Waals surface area contributed by atoms with E-state index in [4.69, 9.17) is 16.8 Å². The molecule has 2 atom stereocenters. The molecule has 0 saturated heterocycles. The average molecular weight is 529 g/mol. The number of carbonyl (C=O) groups excluding carboxylic acids is 2. The number of para-hydroxylation sites is 1. The van der Waals surface area contributed by atoms with Crippen LogP contribution in [0, 0.1) is 5.92 Å². The highest BCUT2D eigenvalue weighted by Crippen LogP contribution is 2.43. The Balaban J connectivity index is 1.33. The van der Waals surface area contributed by atoms with Gasteiger partial charge in [-0.2, -0.15) is 0 Å². The molecule has 1 fully saturated rings. The number of nitrogens with one attached hydrogen (secondary N) is 3. The summed E-state index contributed by atoms with van der Waals surface area (Å²) in [5, 5.41) is 13.8. The summed E-state index contributed by atoms with van der Waals surface area (Å²) in [6, 6.07) is 22.6. The van der Waals surface area contributed by atoms with Crippen molar-refractivity contribution >= 4 is 34.3 Å². The largest absolute Gasteiger partial charge is 0.357 e. The van der Waals surface area contributed by atoms with Gasteiger partial charge in [-0.15, -0.1) is 0 Å². The molecular weight excluding hydrogens is 500 g/mol. The molecule has 1 saturated carbocycles. The number of hydroxylamine groups is 1. The molecule has 38 heavy (non-hydrogen) atoms. The van der Waals surface area contributed by atoms with Crippen LogP contribution in [0.15, 0.2) is 72.8 Å². The van der Waals surface area contributed by atoms with Crippen LogP contribution in [0.1, 0.15) is 51.6 Å². The van der Waals surface area contributed by atoms with Gasteiger partial charge in [-0.1, -0.05) is 54.1 Å². The first kappa shape index (κ1) is 24.7. The molecule has 6 rings (SSSR count). The number of hydrogen-bond acceptors (Lipinski definition) is 4. The Hall–Kier alpha value is -3.65. The molecule has 4 aromatic rings. The van der Waals surface area contributed by atoms with Crippen molar-refractivity contribution in [1.29, 1.82) is 0 Å². The van der Waals surface area contributed by atoms with Crippen LogP contribution < -0.4 is 10.8 Å². The number of rotatable bonds is 7. The smallest absolute Gasteiger partial charge is 0.274 e. The summed E-state index contributed by atoms with van der Waals surface area (Å²) in [5.74, 6) is 0.00949. The molecule has 0 unspecified atom stereocenters. The normalized spacial score (nSPS) is 19.2. The minimum Gasteiger partial charge on any atom is -0.357 e. The predicted octanol–water partition coefficient (Wildman–Crippen LogP) is 4.98. The van der Waals surface area contributed by atoms with Crippen LogP contribution in [-0.4, -0.2) is 39.5 Å². The van der Waals surface area contributed by atoms with E-state index in [1.807, 2.05) is 24.3 Å². The highest BCUT2D eigenvalue weighted by atomic mass is 35.5. The first-order valence-corrected chi connectivity index (χ1v) is 13.3. The topological polar surface area (TPSA) is 97.5 Å². The molecule has 0 spiro atoms. The summed E-state index contributed by atoms with van der Waals surface area (Å²) in [7, 11) is 0. The fraction of sp³-hybridized carbons (Fsp3) is 0.267. The van der Waals surface area contributed by atoms with Gasteiger partial charge in [-0.05, 0) is 72.2 Å². The van der Waals surface area contributed by atoms with Crippen LogP contribution in [0.3, 0.4) is 0 Å². The third kappa shape index (κ3) is 4.80. The summed E-state index contributed by atoms with van der Waals surface area (Å²) in [5.41, 5.74) is 7.38. The van der Waals surface area contributed by atoms with E-state index in [0.717, 1.165) is 34.3 Å². The van der Waals surface area contributed by atoms with Crippen molar-refractivity contribution in [2.75, 3.05) is 6.54 Å². The average Bonchev–Trinajstić information content (AvgIpc) is 3.69. The Bertz CT molecular complexity index is 1480. The molecule has 7 nitrogen and oxygen atoms in total. The van der Waals surface area contributed by atoms with Gasteiger partial charge in [0.25, 0.3) is 5.91 Å². The number of carbonyl (C=O) groups is 2. The molecule has 8 heteroatoms. The lowest BCUT2D eigenvalue weighted by Crippen LogP contribution is -2.53. The van der Waals surface area contributed by atoms with E-state index < -0.39 is 5.91 Å². The quantitative estimate of drug-likeness (QED) is 0.201. The molecule has 0 radical (unpaired) electrons. The Morgan fingerprint density at radius 1 is 1.00 bits per heavy atom. The lowest BCUT2D eigenvalue weighted by atomic mass is 9.87. The summed E-state index contributed by atoms with van der Waals surface area (Å²) < 4.78 is 0. The maximum atomic E-state index is 13.8. The molecule has 4 N–H and O–H groups in total. The summed E-state index contributed by atoms with van der Waals surface area (Å²) in [4.78, 5) is 31.5. The summed E-state index contributed by atoms with van der Waals surface area (Å²) in [6.45, 7) is 1.20. The van der Waals surface area contributed by atoms with Crippen molar-refractivity contribution in [3.05, 3.63) is 106 Å². The number of amides is 2. The molecule has 1 aromatic heterocycles. The van der Waals surface area contributed by atoms with Gasteiger partial charge in [0.15, 0.2) is 0 Å². The van der Waals surface area contributed by atoms with Gasteiger partial charge >= 0.3 is 0 Å². The number of fused-ring (bicyclic) bond motifs is 3. The molecule has 194 valence electrons. The summed E-state index contributed by atoms with van der Waals surface area (Å²) in [6.07, 6.45) is 2.99. The number of benzene rings is 3. The van der Waals surface area contributed by atoms with Gasteiger partial charge in [0.05, 0.1) is 12.1 Å². The zero-order valence-corrected chi connectivity index (χ0v) is 21.5. The van der Waals surface area contributed by atoms with Crippen LogP contribution in [0.25, 0.3) is 10.9 Å². The van der Waals surface area contributed by atoms with Gasteiger partial charge in [0, 0.05) is 40.3 Å². The fourth-order valence-electron chi connectivity index (χ4n) is 5.55. The lowest BCUT2D eigenvalue weighted by molar-refractivity contribution is -0.127. The minimum atomic E-state index is -0.568. The van der Waals surface area contributed by atoms with Crippen LogP contribution in [-0.2, 0) is 17.8 Å². The van der Waals surface area contributed by atoms with E-state index in [2.05, 4.69) is 39.5 Å².